The number of fused-ring (bicyclic) bond motifs is 1. The molecule has 2 heteroatoms. The van der Waals surface area contributed by atoms with Gasteiger partial charge in [-0.2, -0.15) is 0 Å². The normalized spacial score (nSPS) is 10.6. The molecule has 0 spiro atoms. The highest BCUT2D eigenvalue weighted by atomic mass is 16.3. The van der Waals surface area contributed by atoms with E-state index in [1.807, 2.05) is 26.1 Å². The summed E-state index contributed by atoms with van der Waals surface area (Å²) in [5.74, 6) is 0.358. The summed E-state index contributed by atoms with van der Waals surface area (Å²) in [6.45, 7) is 3.91. The molecular weight excluding hydrogens is 162 g/mol. The smallest absolute Gasteiger partial charge is 0.119 e. The molecule has 2 nitrogen and oxygen atoms in total. The maximum atomic E-state index is 9.58. The molecule has 0 saturated heterocycles. The zero-order valence-corrected chi connectivity index (χ0v) is 7.70. The molecule has 1 heterocycles. The SMILES string of the molecule is Cc1c(O)cc2ccncc2c1C. The van der Waals surface area contributed by atoms with Crippen molar-refractivity contribution >= 4 is 10.8 Å². The van der Waals surface area contributed by atoms with Gasteiger partial charge in [0.05, 0.1) is 0 Å². The molecule has 2 aromatic rings. The second kappa shape index (κ2) is 2.73. The lowest BCUT2D eigenvalue weighted by Crippen LogP contribution is -1.85. The van der Waals surface area contributed by atoms with Gasteiger partial charge in [-0.1, -0.05) is 0 Å². The molecule has 0 aliphatic carbocycles. The molecule has 0 aliphatic rings. The minimum Gasteiger partial charge on any atom is -0.508 e. The molecule has 0 unspecified atom stereocenters. The van der Waals surface area contributed by atoms with E-state index in [0.29, 0.717) is 5.75 Å². The number of aromatic hydroxyl groups is 1. The van der Waals surface area contributed by atoms with Crippen molar-refractivity contribution in [2.75, 3.05) is 0 Å². The summed E-state index contributed by atoms with van der Waals surface area (Å²) in [6.07, 6.45) is 3.56. The van der Waals surface area contributed by atoms with Gasteiger partial charge in [0.2, 0.25) is 0 Å². The van der Waals surface area contributed by atoms with E-state index >= 15 is 0 Å². The zero-order chi connectivity index (χ0) is 9.42. The van der Waals surface area contributed by atoms with Crippen molar-refractivity contribution in [3.8, 4) is 5.75 Å². The Bertz CT molecular complexity index is 463. The van der Waals surface area contributed by atoms with Crippen LogP contribution < -0.4 is 0 Å². The molecule has 2 rings (SSSR count). The maximum absolute atomic E-state index is 9.58. The van der Waals surface area contributed by atoms with E-state index in [0.717, 1.165) is 21.9 Å². The van der Waals surface area contributed by atoms with E-state index in [1.165, 1.54) is 0 Å². The summed E-state index contributed by atoms with van der Waals surface area (Å²) >= 11 is 0. The van der Waals surface area contributed by atoms with Crippen LogP contribution in [0.5, 0.6) is 5.75 Å². The Labute approximate surface area is 76.9 Å². The molecule has 0 atom stereocenters. The molecule has 13 heavy (non-hydrogen) atoms. The molecule has 0 bridgehead atoms. The van der Waals surface area contributed by atoms with Crippen LogP contribution in [0.1, 0.15) is 11.1 Å². The lowest BCUT2D eigenvalue weighted by atomic mass is 10.0. The van der Waals surface area contributed by atoms with Gasteiger partial charge in [0.25, 0.3) is 0 Å². The molecule has 0 aliphatic heterocycles. The summed E-state index contributed by atoms with van der Waals surface area (Å²) in [5, 5.41) is 11.7. The third kappa shape index (κ3) is 1.15. The quantitative estimate of drug-likeness (QED) is 0.664. The van der Waals surface area contributed by atoms with E-state index in [4.69, 9.17) is 0 Å². The fourth-order valence-electron chi connectivity index (χ4n) is 1.49. The van der Waals surface area contributed by atoms with E-state index in [2.05, 4.69) is 4.98 Å². The molecule has 0 amide bonds. The van der Waals surface area contributed by atoms with Crippen molar-refractivity contribution in [2.24, 2.45) is 0 Å². The molecular formula is C11H11NO. The third-order valence-electron chi connectivity index (χ3n) is 2.50. The number of nitrogens with zero attached hydrogens (tertiary/aromatic N) is 1. The number of phenols is 1. The molecule has 0 fully saturated rings. The van der Waals surface area contributed by atoms with Gasteiger partial charge in [0, 0.05) is 17.8 Å². The number of pyridine rings is 1. The van der Waals surface area contributed by atoms with Crippen molar-refractivity contribution in [3.63, 3.8) is 0 Å². The van der Waals surface area contributed by atoms with Crippen LogP contribution in [-0.2, 0) is 0 Å². The molecule has 66 valence electrons. The molecule has 1 aromatic heterocycles. The minimum absolute atomic E-state index is 0.358. The van der Waals surface area contributed by atoms with Gasteiger partial charge in [-0.05, 0) is 42.5 Å². The Morgan fingerprint density at radius 2 is 2.00 bits per heavy atom. The third-order valence-corrected chi connectivity index (χ3v) is 2.50. The Hall–Kier alpha value is -1.57. The van der Waals surface area contributed by atoms with Gasteiger partial charge in [-0.3, -0.25) is 4.98 Å². The van der Waals surface area contributed by atoms with Crippen LogP contribution in [0.4, 0.5) is 0 Å². The van der Waals surface area contributed by atoms with Crippen LogP contribution in [0, 0.1) is 13.8 Å². The van der Waals surface area contributed by atoms with E-state index in [-0.39, 0.29) is 0 Å². The predicted octanol–water partition coefficient (Wildman–Crippen LogP) is 2.56. The van der Waals surface area contributed by atoms with E-state index in [9.17, 15) is 5.11 Å². The van der Waals surface area contributed by atoms with Crippen LogP contribution in [0.25, 0.3) is 10.8 Å². The van der Waals surface area contributed by atoms with Crippen molar-refractivity contribution in [3.05, 3.63) is 35.7 Å². The minimum atomic E-state index is 0.358. The maximum Gasteiger partial charge on any atom is 0.119 e. The van der Waals surface area contributed by atoms with Crippen LogP contribution >= 0.6 is 0 Å². The van der Waals surface area contributed by atoms with Crippen molar-refractivity contribution in [2.45, 2.75) is 13.8 Å². The van der Waals surface area contributed by atoms with Gasteiger partial charge in [0.15, 0.2) is 0 Å². The van der Waals surface area contributed by atoms with Gasteiger partial charge < -0.3 is 5.11 Å². The number of aromatic nitrogens is 1. The van der Waals surface area contributed by atoms with E-state index in [1.54, 1.807) is 12.3 Å². The second-order valence-electron chi connectivity index (χ2n) is 3.24. The van der Waals surface area contributed by atoms with Crippen molar-refractivity contribution < 1.29 is 5.11 Å². The summed E-state index contributed by atoms with van der Waals surface area (Å²) < 4.78 is 0. The first-order valence-corrected chi connectivity index (χ1v) is 4.23. The molecule has 1 aromatic carbocycles. The highest BCUT2D eigenvalue weighted by Gasteiger charge is 2.04. The lowest BCUT2D eigenvalue weighted by Gasteiger charge is -2.06. The topological polar surface area (TPSA) is 33.1 Å². The van der Waals surface area contributed by atoms with Gasteiger partial charge in [0.1, 0.15) is 5.75 Å². The summed E-state index contributed by atoms with van der Waals surface area (Å²) in [6, 6.07) is 3.68. The first kappa shape index (κ1) is 8.05. The van der Waals surface area contributed by atoms with Crippen molar-refractivity contribution in [1.82, 2.24) is 4.98 Å². The Balaban J connectivity index is 2.94. The number of benzene rings is 1. The second-order valence-corrected chi connectivity index (χ2v) is 3.24. The number of rotatable bonds is 0. The van der Waals surface area contributed by atoms with Gasteiger partial charge in [-0.25, -0.2) is 0 Å². The van der Waals surface area contributed by atoms with E-state index < -0.39 is 0 Å². The highest BCUT2D eigenvalue weighted by molar-refractivity contribution is 5.87. The van der Waals surface area contributed by atoms with Crippen LogP contribution in [0.15, 0.2) is 24.5 Å². The number of hydrogen-bond acceptors (Lipinski definition) is 2. The number of aryl methyl sites for hydroxylation is 1. The Morgan fingerprint density at radius 1 is 1.23 bits per heavy atom. The van der Waals surface area contributed by atoms with Crippen molar-refractivity contribution in [1.29, 1.82) is 0 Å². The first-order valence-electron chi connectivity index (χ1n) is 4.23. The Morgan fingerprint density at radius 3 is 2.77 bits per heavy atom. The largest absolute Gasteiger partial charge is 0.508 e. The number of phenolic OH excluding ortho intramolecular Hbond substituents is 1. The summed E-state index contributed by atoms with van der Waals surface area (Å²) in [5.41, 5.74) is 2.03. The predicted molar refractivity (Wildman–Crippen MR) is 52.9 cm³/mol. The standard InChI is InChI=1S/C11H11NO/c1-7-8(2)11(13)5-9-3-4-12-6-10(7)9/h3-6,13H,1-2H3. The summed E-state index contributed by atoms with van der Waals surface area (Å²) in [4.78, 5) is 4.06. The van der Waals surface area contributed by atoms with Crippen LogP contribution in [0.3, 0.4) is 0 Å². The molecule has 0 radical (unpaired) electrons. The van der Waals surface area contributed by atoms with Crippen LogP contribution in [0.2, 0.25) is 0 Å². The average Bonchev–Trinajstić information content (AvgIpc) is 2.15. The highest BCUT2D eigenvalue weighted by Crippen LogP contribution is 2.27. The lowest BCUT2D eigenvalue weighted by molar-refractivity contribution is 0.471. The monoisotopic (exact) mass is 173 g/mol. The zero-order valence-electron chi connectivity index (χ0n) is 7.70. The molecule has 1 N–H and O–H groups in total. The number of hydrogen-bond donors (Lipinski definition) is 1. The fraction of sp³-hybridized carbons (Fsp3) is 0.182. The first-order chi connectivity index (χ1) is 6.20. The summed E-state index contributed by atoms with van der Waals surface area (Å²) in [7, 11) is 0. The average molecular weight is 173 g/mol. The van der Waals surface area contributed by atoms with Gasteiger partial charge in [-0.15, -0.1) is 0 Å². The van der Waals surface area contributed by atoms with Gasteiger partial charge >= 0.3 is 0 Å². The van der Waals surface area contributed by atoms with Crippen LogP contribution in [-0.4, -0.2) is 10.1 Å². The Kier molecular flexibility index (Phi) is 1.69. The fourth-order valence-corrected chi connectivity index (χ4v) is 1.49. The molecule has 0 saturated carbocycles.